The maximum atomic E-state index is 9.32. The third-order valence-corrected chi connectivity index (χ3v) is 1.45. The fourth-order valence-corrected chi connectivity index (χ4v) is 0.975. The molecule has 1 rings (SSSR count). The lowest BCUT2D eigenvalue weighted by molar-refractivity contribution is 0.140. The Morgan fingerprint density at radius 1 is 1.67 bits per heavy atom. The van der Waals surface area contributed by atoms with Crippen LogP contribution in [-0.4, -0.2) is 25.9 Å². The van der Waals surface area contributed by atoms with Crippen LogP contribution in [0.4, 0.5) is 0 Å². The first-order chi connectivity index (χ1) is 5.68. The summed E-state index contributed by atoms with van der Waals surface area (Å²) in [5, 5.41) is 18.1. The van der Waals surface area contributed by atoms with Crippen molar-refractivity contribution in [3.05, 3.63) is 31.1 Å². The topological polar surface area (TPSA) is 58.3 Å². The smallest absolute Gasteiger partial charge is 0.0946 e. The summed E-state index contributed by atoms with van der Waals surface area (Å²) in [6, 6.07) is 0. The highest BCUT2D eigenvalue weighted by Crippen LogP contribution is 2.01. The van der Waals surface area contributed by atoms with E-state index in [9.17, 15) is 5.11 Å². The molecule has 2 N–H and O–H groups in total. The van der Waals surface area contributed by atoms with E-state index < -0.39 is 6.10 Å². The highest BCUT2D eigenvalue weighted by Gasteiger charge is 2.05. The predicted molar refractivity (Wildman–Crippen MR) is 44.6 cm³/mol. The first kappa shape index (κ1) is 8.80. The Kier molecular flexibility index (Phi) is 2.88. The first-order valence-corrected chi connectivity index (χ1v) is 3.69. The Morgan fingerprint density at radius 2 is 2.42 bits per heavy atom. The van der Waals surface area contributed by atoms with Gasteiger partial charge in [0.2, 0.25) is 0 Å². The third kappa shape index (κ3) is 2.75. The molecule has 0 aliphatic heterocycles. The van der Waals surface area contributed by atoms with Gasteiger partial charge in [-0.2, -0.15) is 0 Å². The van der Waals surface area contributed by atoms with Gasteiger partial charge in [-0.05, 0) is 0 Å². The molecular weight excluding hydrogens is 156 g/mol. The summed E-state index contributed by atoms with van der Waals surface area (Å²) in [7, 11) is 0. The van der Waals surface area contributed by atoms with Gasteiger partial charge in [0, 0.05) is 25.4 Å². The van der Waals surface area contributed by atoms with E-state index in [1.54, 1.807) is 23.3 Å². The molecule has 4 nitrogen and oxygen atoms in total. The van der Waals surface area contributed by atoms with Crippen LogP contribution in [0.3, 0.4) is 0 Å². The third-order valence-electron chi connectivity index (χ3n) is 1.45. The van der Waals surface area contributed by atoms with Crippen molar-refractivity contribution in [1.82, 2.24) is 9.55 Å². The predicted octanol–water partition coefficient (Wildman–Crippen LogP) is 0.706. The number of aromatic nitrogens is 2. The molecule has 1 heterocycles. The minimum absolute atomic E-state index is 0.00242. The molecule has 1 aromatic rings. The van der Waals surface area contributed by atoms with Gasteiger partial charge in [-0.15, -0.1) is 0 Å². The van der Waals surface area contributed by atoms with E-state index in [-0.39, 0.29) is 12.2 Å². The number of nitrogens with zero attached hydrogens (tertiary/aromatic N) is 2. The molecule has 1 aromatic heterocycles. The summed E-state index contributed by atoms with van der Waals surface area (Å²) in [4.78, 5) is 3.82. The molecule has 0 spiro atoms. The molecule has 1 unspecified atom stereocenters. The maximum absolute atomic E-state index is 9.32. The minimum atomic E-state index is -0.600. The largest absolute Gasteiger partial charge is 0.513 e. The van der Waals surface area contributed by atoms with E-state index >= 15 is 0 Å². The van der Waals surface area contributed by atoms with E-state index in [4.69, 9.17) is 5.11 Å². The van der Waals surface area contributed by atoms with Crippen molar-refractivity contribution in [2.45, 2.75) is 19.1 Å². The van der Waals surface area contributed by atoms with Crippen LogP contribution in [0.2, 0.25) is 0 Å². The summed E-state index contributed by atoms with van der Waals surface area (Å²) < 4.78 is 1.74. The average Bonchev–Trinajstić information content (AvgIpc) is 2.37. The van der Waals surface area contributed by atoms with Gasteiger partial charge < -0.3 is 14.8 Å². The van der Waals surface area contributed by atoms with Crippen LogP contribution >= 0.6 is 0 Å². The summed E-state index contributed by atoms with van der Waals surface area (Å²) in [5.74, 6) is 0.00242. The monoisotopic (exact) mass is 168 g/mol. The highest BCUT2D eigenvalue weighted by atomic mass is 16.3. The molecule has 0 saturated heterocycles. The van der Waals surface area contributed by atoms with Crippen LogP contribution in [0.5, 0.6) is 0 Å². The molecule has 0 aliphatic carbocycles. The lowest BCUT2D eigenvalue weighted by Gasteiger charge is -2.09. The highest BCUT2D eigenvalue weighted by molar-refractivity contribution is 4.84. The van der Waals surface area contributed by atoms with E-state index in [1.165, 1.54) is 0 Å². The zero-order valence-electron chi connectivity index (χ0n) is 6.72. The first-order valence-electron chi connectivity index (χ1n) is 3.69. The molecule has 0 fully saturated rings. The second kappa shape index (κ2) is 3.92. The summed E-state index contributed by atoms with van der Waals surface area (Å²) >= 11 is 0. The van der Waals surface area contributed by atoms with E-state index in [0.717, 1.165) is 0 Å². The van der Waals surface area contributed by atoms with Crippen molar-refractivity contribution in [2.24, 2.45) is 0 Å². The Bertz CT molecular complexity index is 244. The van der Waals surface area contributed by atoms with Crippen molar-refractivity contribution in [3.8, 4) is 0 Å². The number of aliphatic hydroxyl groups excluding tert-OH is 2. The molecule has 0 aliphatic rings. The van der Waals surface area contributed by atoms with Gasteiger partial charge in [-0.3, -0.25) is 0 Å². The molecular formula is C8H12N2O2. The fourth-order valence-electron chi connectivity index (χ4n) is 0.975. The van der Waals surface area contributed by atoms with Crippen LogP contribution in [0.15, 0.2) is 31.1 Å². The zero-order chi connectivity index (χ0) is 8.97. The zero-order valence-corrected chi connectivity index (χ0v) is 6.72. The van der Waals surface area contributed by atoms with Crippen LogP contribution in [0.1, 0.15) is 6.42 Å². The number of rotatable bonds is 4. The second-order valence-corrected chi connectivity index (χ2v) is 2.68. The Balaban J connectivity index is 2.36. The molecule has 66 valence electrons. The summed E-state index contributed by atoms with van der Waals surface area (Å²) in [5.41, 5.74) is 0. The lowest BCUT2D eigenvalue weighted by Crippen LogP contribution is -2.15. The quantitative estimate of drug-likeness (QED) is 0.651. The van der Waals surface area contributed by atoms with E-state index in [0.29, 0.717) is 6.54 Å². The summed E-state index contributed by atoms with van der Waals surface area (Å²) in [6.45, 7) is 3.73. The van der Waals surface area contributed by atoms with E-state index in [2.05, 4.69) is 11.6 Å². The number of hydrogen-bond donors (Lipinski definition) is 2. The standard InChI is InChI=1S/C8H12N2O2/c1-7(11)4-8(12)5-10-3-2-9-6-10/h2-3,6,8,11-12H,1,4-5H2. The van der Waals surface area contributed by atoms with Crippen molar-refractivity contribution in [2.75, 3.05) is 0 Å². The van der Waals surface area contributed by atoms with Crippen LogP contribution in [-0.2, 0) is 6.54 Å². The number of imidazole rings is 1. The Morgan fingerprint density at radius 3 is 2.92 bits per heavy atom. The van der Waals surface area contributed by atoms with Gasteiger partial charge >= 0.3 is 0 Å². The van der Waals surface area contributed by atoms with Crippen molar-refractivity contribution in [1.29, 1.82) is 0 Å². The molecule has 12 heavy (non-hydrogen) atoms. The Hall–Kier alpha value is -1.29. The van der Waals surface area contributed by atoms with Gasteiger partial charge in [0.05, 0.1) is 18.2 Å². The lowest BCUT2D eigenvalue weighted by atomic mass is 10.2. The van der Waals surface area contributed by atoms with Crippen LogP contribution in [0, 0.1) is 0 Å². The van der Waals surface area contributed by atoms with Gasteiger partial charge in [0.1, 0.15) is 0 Å². The van der Waals surface area contributed by atoms with Gasteiger partial charge in [-0.1, -0.05) is 6.58 Å². The van der Waals surface area contributed by atoms with Crippen LogP contribution < -0.4 is 0 Å². The molecule has 0 aromatic carbocycles. The number of aliphatic hydroxyl groups is 2. The fraction of sp³-hybridized carbons (Fsp3) is 0.375. The van der Waals surface area contributed by atoms with Gasteiger partial charge in [0.15, 0.2) is 0 Å². The molecule has 0 bridgehead atoms. The normalized spacial score (nSPS) is 12.8. The van der Waals surface area contributed by atoms with Crippen LogP contribution in [0.25, 0.3) is 0 Å². The van der Waals surface area contributed by atoms with E-state index in [1.807, 2.05) is 0 Å². The maximum Gasteiger partial charge on any atom is 0.0946 e. The van der Waals surface area contributed by atoms with Crippen molar-refractivity contribution >= 4 is 0 Å². The number of hydrogen-bond acceptors (Lipinski definition) is 3. The summed E-state index contributed by atoms with van der Waals surface area (Å²) in [6.07, 6.45) is 4.61. The van der Waals surface area contributed by atoms with Crippen molar-refractivity contribution < 1.29 is 10.2 Å². The molecule has 4 heteroatoms. The average molecular weight is 168 g/mol. The molecule has 0 saturated carbocycles. The molecule has 0 amide bonds. The molecule has 1 atom stereocenters. The SMILES string of the molecule is C=C(O)CC(O)Cn1ccnc1. The van der Waals surface area contributed by atoms with Gasteiger partial charge in [0.25, 0.3) is 0 Å². The Labute approximate surface area is 70.8 Å². The van der Waals surface area contributed by atoms with Crippen molar-refractivity contribution in [3.63, 3.8) is 0 Å². The second-order valence-electron chi connectivity index (χ2n) is 2.68. The molecule has 0 radical (unpaired) electrons. The minimum Gasteiger partial charge on any atom is -0.513 e. The van der Waals surface area contributed by atoms with Gasteiger partial charge in [-0.25, -0.2) is 4.98 Å².